The van der Waals surface area contributed by atoms with E-state index < -0.39 is 0 Å². The van der Waals surface area contributed by atoms with E-state index in [4.69, 9.17) is 27.9 Å². The van der Waals surface area contributed by atoms with Crippen molar-refractivity contribution >= 4 is 46.1 Å². The highest BCUT2D eigenvalue weighted by Crippen LogP contribution is 2.34. The molecule has 0 bridgehead atoms. The van der Waals surface area contributed by atoms with Gasteiger partial charge < -0.3 is 4.74 Å². The number of hydrogen-bond acceptors (Lipinski definition) is 3. The molecule has 3 rings (SSSR count). The van der Waals surface area contributed by atoms with Crippen LogP contribution in [0.5, 0.6) is 5.75 Å². The normalized spacial score (nSPS) is 11.2. The second-order valence-corrected chi connectivity index (χ2v) is 8.47. The zero-order valence-electron chi connectivity index (χ0n) is 18.2. The van der Waals surface area contributed by atoms with Crippen molar-refractivity contribution in [3.63, 3.8) is 0 Å². The first-order chi connectivity index (χ1) is 15.6. The molecule has 1 N–H and O–H groups in total. The zero-order chi connectivity index (χ0) is 22.8. The second kappa shape index (κ2) is 12.5. The van der Waals surface area contributed by atoms with Gasteiger partial charge in [0.05, 0.1) is 22.9 Å². The maximum atomic E-state index is 12.6. The minimum Gasteiger partial charge on any atom is -0.490 e. The Labute approximate surface area is 199 Å². The Bertz CT molecular complexity index is 1050. The molecule has 0 spiro atoms. The number of unbranched alkanes of at least 4 members (excludes halogenated alkanes) is 5. The molecule has 32 heavy (non-hydrogen) atoms. The molecule has 0 atom stereocenters. The Morgan fingerprint density at radius 2 is 1.66 bits per heavy atom. The van der Waals surface area contributed by atoms with Gasteiger partial charge in [0.2, 0.25) is 0 Å². The number of hydrazone groups is 1. The number of carbonyl (C=O) groups is 1. The lowest BCUT2D eigenvalue weighted by Gasteiger charge is -2.11. The highest BCUT2D eigenvalue weighted by atomic mass is 35.5. The highest BCUT2D eigenvalue weighted by Gasteiger charge is 2.10. The average Bonchev–Trinajstić information content (AvgIpc) is 2.79. The van der Waals surface area contributed by atoms with Crippen LogP contribution in [0.4, 0.5) is 0 Å². The molecular formula is C26H28Cl2N2O2. The van der Waals surface area contributed by atoms with Crippen molar-refractivity contribution in [3.05, 3.63) is 75.8 Å². The van der Waals surface area contributed by atoms with Crippen molar-refractivity contribution in [2.24, 2.45) is 5.10 Å². The van der Waals surface area contributed by atoms with Crippen LogP contribution < -0.4 is 10.2 Å². The van der Waals surface area contributed by atoms with Gasteiger partial charge in [0.15, 0.2) is 5.75 Å². The number of rotatable bonds is 11. The van der Waals surface area contributed by atoms with E-state index in [0.29, 0.717) is 33.5 Å². The van der Waals surface area contributed by atoms with E-state index in [0.717, 1.165) is 23.6 Å². The summed E-state index contributed by atoms with van der Waals surface area (Å²) in [6.07, 6.45) is 8.63. The summed E-state index contributed by atoms with van der Waals surface area (Å²) in [4.78, 5) is 12.6. The molecule has 0 aliphatic heterocycles. The lowest BCUT2D eigenvalue weighted by atomic mass is 10.0. The highest BCUT2D eigenvalue weighted by molar-refractivity contribution is 6.37. The number of carbonyl (C=O) groups excluding carboxylic acids is 1. The van der Waals surface area contributed by atoms with Gasteiger partial charge >= 0.3 is 0 Å². The lowest BCUT2D eigenvalue weighted by molar-refractivity contribution is 0.0957. The van der Waals surface area contributed by atoms with E-state index in [1.54, 1.807) is 18.2 Å². The van der Waals surface area contributed by atoms with Crippen molar-refractivity contribution in [2.75, 3.05) is 6.61 Å². The van der Waals surface area contributed by atoms with E-state index in [1.165, 1.54) is 31.9 Å². The van der Waals surface area contributed by atoms with Gasteiger partial charge in [0.1, 0.15) is 0 Å². The van der Waals surface area contributed by atoms with Crippen LogP contribution in [0.15, 0.2) is 59.7 Å². The molecule has 6 heteroatoms. The van der Waals surface area contributed by atoms with E-state index >= 15 is 0 Å². The summed E-state index contributed by atoms with van der Waals surface area (Å²) >= 11 is 12.7. The third kappa shape index (κ3) is 6.72. The second-order valence-electron chi connectivity index (χ2n) is 7.66. The smallest absolute Gasteiger partial charge is 0.271 e. The molecule has 3 aromatic carbocycles. The summed E-state index contributed by atoms with van der Waals surface area (Å²) in [5.41, 5.74) is 3.81. The molecule has 0 aliphatic rings. The third-order valence-electron chi connectivity index (χ3n) is 5.18. The summed E-state index contributed by atoms with van der Waals surface area (Å²) < 4.78 is 5.79. The van der Waals surface area contributed by atoms with Gasteiger partial charge in [0, 0.05) is 5.56 Å². The van der Waals surface area contributed by atoms with Gasteiger partial charge in [-0.15, -0.1) is 0 Å². The largest absolute Gasteiger partial charge is 0.490 e. The monoisotopic (exact) mass is 470 g/mol. The molecule has 1 amide bonds. The Balaban J connectivity index is 1.56. The van der Waals surface area contributed by atoms with Crippen LogP contribution in [0, 0.1) is 0 Å². The first-order valence-electron chi connectivity index (χ1n) is 11.0. The van der Waals surface area contributed by atoms with Gasteiger partial charge in [0.25, 0.3) is 5.91 Å². The Morgan fingerprint density at radius 1 is 0.969 bits per heavy atom. The van der Waals surface area contributed by atoms with Crippen molar-refractivity contribution in [1.29, 1.82) is 0 Å². The topological polar surface area (TPSA) is 50.7 Å². The van der Waals surface area contributed by atoms with Crippen LogP contribution >= 0.6 is 23.2 Å². The van der Waals surface area contributed by atoms with Crippen molar-refractivity contribution in [2.45, 2.75) is 45.4 Å². The Hall–Kier alpha value is -2.56. The maximum Gasteiger partial charge on any atom is 0.271 e. The predicted octanol–water partition coefficient (Wildman–Crippen LogP) is 7.65. The van der Waals surface area contributed by atoms with Crippen LogP contribution in [-0.2, 0) is 0 Å². The minimum absolute atomic E-state index is 0.283. The van der Waals surface area contributed by atoms with Crippen molar-refractivity contribution < 1.29 is 9.53 Å². The van der Waals surface area contributed by atoms with Crippen LogP contribution in [0.1, 0.15) is 61.4 Å². The fourth-order valence-corrected chi connectivity index (χ4v) is 4.11. The maximum absolute atomic E-state index is 12.6. The van der Waals surface area contributed by atoms with Crippen molar-refractivity contribution in [1.82, 2.24) is 5.43 Å². The number of hydrogen-bond donors (Lipinski definition) is 1. The predicted molar refractivity (Wildman–Crippen MR) is 134 cm³/mol. The standard InChI is InChI=1S/C26H28Cl2N2O2/c1-2-3-4-5-6-9-15-32-25-23(27)16-19(17-24(25)28)18-29-30-26(31)22-14-10-12-20-11-7-8-13-21(20)22/h7-8,10-14,16-18H,2-6,9,15H2,1H3,(H,30,31)/b29-18+. The number of amides is 1. The summed E-state index contributed by atoms with van der Waals surface area (Å²) in [5.74, 6) is 0.202. The van der Waals surface area contributed by atoms with Gasteiger partial charge in [-0.2, -0.15) is 5.10 Å². The van der Waals surface area contributed by atoms with E-state index in [9.17, 15) is 4.79 Å². The fraction of sp³-hybridized carbons (Fsp3) is 0.308. The molecular weight excluding hydrogens is 443 g/mol. The molecule has 0 aliphatic carbocycles. The van der Waals surface area contributed by atoms with E-state index in [2.05, 4.69) is 17.5 Å². The summed E-state index contributed by atoms with van der Waals surface area (Å²) in [7, 11) is 0. The van der Waals surface area contributed by atoms with Gasteiger partial charge in [-0.1, -0.05) is 98.6 Å². The minimum atomic E-state index is -0.283. The summed E-state index contributed by atoms with van der Waals surface area (Å²) in [6, 6.07) is 16.8. The van der Waals surface area contributed by atoms with Crippen LogP contribution in [0.25, 0.3) is 10.8 Å². The van der Waals surface area contributed by atoms with Crippen LogP contribution in [0.3, 0.4) is 0 Å². The molecule has 0 unspecified atom stereocenters. The molecule has 0 saturated heterocycles. The molecule has 0 saturated carbocycles. The number of benzene rings is 3. The first-order valence-corrected chi connectivity index (χ1v) is 11.8. The van der Waals surface area contributed by atoms with Crippen molar-refractivity contribution in [3.8, 4) is 5.75 Å². The molecule has 168 valence electrons. The van der Waals surface area contributed by atoms with Gasteiger partial charge in [-0.25, -0.2) is 5.43 Å². The number of ether oxygens (including phenoxy) is 1. The number of nitrogens with one attached hydrogen (secondary N) is 1. The SMILES string of the molecule is CCCCCCCCOc1c(Cl)cc(/C=N/NC(=O)c2cccc3ccccc23)cc1Cl. The molecule has 0 radical (unpaired) electrons. The lowest BCUT2D eigenvalue weighted by Crippen LogP contribution is -2.17. The summed E-state index contributed by atoms with van der Waals surface area (Å²) in [5, 5.41) is 6.78. The molecule has 0 aromatic heterocycles. The zero-order valence-corrected chi connectivity index (χ0v) is 19.8. The van der Waals surface area contributed by atoms with Crippen LogP contribution in [-0.4, -0.2) is 18.7 Å². The molecule has 4 nitrogen and oxygen atoms in total. The number of halogens is 2. The quantitative estimate of drug-likeness (QED) is 0.177. The fourth-order valence-electron chi connectivity index (χ4n) is 3.50. The number of nitrogens with zero attached hydrogens (tertiary/aromatic N) is 1. The van der Waals surface area contributed by atoms with Gasteiger partial charge in [-0.3, -0.25) is 4.79 Å². The first kappa shape index (κ1) is 24.1. The van der Waals surface area contributed by atoms with E-state index in [1.807, 2.05) is 36.4 Å². The Morgan fingerprint density at radius 3 is 2.44 bits per heavy atom. The van der Waals surface area contributed by atoms with E-state index in [-0.39, 0.29) is 5.91 Å². The molecule has 3 aromatic rings. The van der Waals surface area contributed by atoms with Gasteiger partial charge in [-0.05, 0) is 41.0 Å². The molecule has 0 heterocycles. The number of fused-ring (bicyclic) bond motifs is 1. The van der Waals surface area contributed by atoms with Crippen LogP contribution in [0.2, 0.25) is 10.0 Å². The average molecular weight is 471 g/mol. The third-order valence-corrected chi connectivity index (χ3v) is 5.74. The Kier molecular flexibility index (Phi) is 9.39. The molecule has 0 fully saturated rings. The summed E-state index contributed by atoms with van der Waals surface area (Å²) in [6.45, 7) is 2.79.